The fourth-order valence-electron chi connectivity index (χ4n) is 3.59. The molecule has 184 valence electrons. The van der Waals surface area contributed by atoms with E-state index in [9.17, 15) is 18.5 Å². The zero-order valence-electron chi connectivity index (χ0n) is 19.6. The Morgan fingerprint density at radius 3 is 2.69 bits per heavy atom. The van der Waals surface area contributed by atoms with Gasteiger partial charge in [-0.05, 0) is 37.1 Å². The summed E-state index contributed by atoms with van der Waals surface area (Å²) in [5.74, 6) is 0.166. The lowest BCUT2D eigenvalue weighted by atomic mass is 10.1. The summed E-state index contributed by atoms with van der Waals surface area (Å²) in [5.41, 5.74) is 2.63. The van der Waals surface area contributed by atoms with Crippen LogP contribution in [0.1, 0.15) is 17.5 Å². The largest absolute Gasteiger partial charge is 0.493 e. The molecule has 1 amide bonds. The minimum absolute atomic E-state index is 0.00217. The Morgan fingerprint density at radius 1 is 1.22 bits per heavy atom. The lowest BCUT2D eigenvalue weighted by Crippen LogP contribution is -2.13. The number of carbonyl (C=O) groups excluding carboxylic acids is 1. The molecule has 11 heteroatoms. The molecular formula is C25H23N5O4S2. The van der Waals surface area contributed by atoms with Gasteiger partial charge in [0.2, 0.25) is 15.0 Å². The Bertz CT molecular complexity index is 1600. The molecule has 0 aliphatic carbocycles. The summed E-state index contributed by atoms with van der Waals surface area (Å²) in [7, 11) is -3.60. The topological polar surface area (TPSA) is 127 Å². The van der Waals surface area contributed by atoms with Crippen molar-refractivity contribution in [3.8, 4) is 11.8 Å². The Balaban J connectivity index is 1.50. The fourth-order valence-corrected chi connectivity index (χ4v) is 5.03. The Hall–Kier alpha value is -4.01. The van der Waals surface area contributed by atoms with Crippen molar-refractivity contribution in [2.45, 2.75) is 25.0 Å². The van der Waals surface area contributed by atoms with Crippen LogP contribution in [0, 0.1) is 18.3 Å². The molecule has 2 aromatic heterocycles. The van der Waals surface area contributed by atoms with Gasteiger partial charge >= 0.3 is 0 Å². The van der Waals surface area contributed by atoms with E-state index in [1.54, 1.807) is 0 Å². The van der Waals surface area contributed by atoms with Crippen LogP contribution in [0.15, 0.2) is 65.5 Å². The van der Waals surface area contributed by atoms with Crippen LogP contribution in [0.2, 0.25) is 0 Å². The van der Waals surface area contributed by atoms with E-state index >= 15 is 0 Å². The molecule has 0 unspecified atom stereocenters. The van der Waals surface area contributed by atoms with Crippen molar-refractivity contribution in [2.75, 3.05) is 18.2 Å². The molecular weight excluding hydrogens is 498 g/mol. The maximum absolute atomic E-state index is 12.7. The summed E-state index contributed by atoms with van der Waals surface area (Å²) >= 11 is 0.731. The first-order valence-electron chi connectivity index (χ1n) is 11.0. The molecule has 36 heavy (non-hydrogen) atoms. The van der Waals surface area contributed by atoms with Gasteiger partial charge in [-0.2, -0.15) is 14.6 Å². The summed E-state index contributed by atoms with van der Waals surface area (Å²) < 4.78 is 34.8. The first-order valence-corrected chi connectivity index (χ1v) is 13.7. The Morgan fingerprint density at radius 2 is 1.97 bits per heavy atom. The molecule has 0 atom stereocenters. The number of nitriles is 1. The van der Waals surface area contributed by atoms with E-state index in [2.05, 4.69) is 19.2 Å². The molecule has 0 spiro atoms. The summed E-state index contributed by atoms with van der Waals surface area (Å²) in [6.07, 6.45) is 5.15. The van der Waals surface area contributed by atoms with Gasteiger partial charge in [-0.3, -0.25) is 10.1 Å². The van der Waals surface area contributed by atoms with Crippen molar-refractivity contribution in [3.05, 3.63) is 71.4 Å². The smallest absolute Gasteiger partial charge is 0.268 e. The molecule has 0 aliphatic heterocycles. The van der Waals surface area contributed by atoms with Gasteiger partial charge in [-0.25, -0.2) is 8.42 Å². The summed E-state index contributed by atoms with van der Waals surface area (Å²) in [6.45, 7) is 3.24. The Kier molecular flexibility index (Phi) is 7.47. The van der Waals surface area contributed by atoms with Crippen LogP contribution in [-0.2, 0) is 21.2 Å². The van der Waals surface area contributed by atoms with E-state index in [0.717, 1.165) is 46.4 Å². The van der Waals surface area contributed by atoms with E-state index in [1.807, 2.05) is 67.7 Å². The van der Waals surface area contributed by atoms with E-state index < -0.39 is 15.7 Å². The molecule has 0 saturated heterocycles. The minimum Gasteiger partial charge on any atom is -0.493 e. The predicted molar refractivity (Wildman–Crippen MR) is 138 cm³/mol. The maximum atomic E-state index is 12.7. The second-order valence-corrected chi connectivity index (χ2v) is 10.7. The highest BCUT2D eigenvalue weighted by Crippen LogP contribution is 2.25. The van der Waals surface area contributed by atoms with Crippen LogP contribution in [-0.4, -0.2) is 41.1 Å². The van der Waals surface area contributed by atoms with Gasteiger partial charge in [-0.15, -0.1) is 0 Å². The summed E-state index contributed by atoms with van der Waals surface area (Å²) in [5, 5.41) is 12.6. The number of fused-ring (bicyclic) bond motifs is 1. The minimum atomic E-state index is -3.60. The third-order valence-electron chi connectivity index (χ3n) is 5.34. The van der Waals surface area contributed by atoms with E-state index in [1.165, 1.54) is 6.08 Å². The number of aryl methyl sites for hydroxylation is 2. The fraction of sp³-hybridized carbons (Fsp3) is 0.200. The van der Waals surface area contributed by atoms with Crippen LogP contribution < -0.4 is 10.1 Å². The predicted octanol–water partition coefficient (Wildman–Crippen LogP) is 4.22. The zero-order valence-corrected chi connectivity index (χ0v) is 21.3. The molecule has 9 nitrogen and oxygen atoms in total. The molecule has 4 aromatic rings. The van der Waals surface area contributed by atoms with Gasteiger partial charge in [0.1, 0.15) is 17.4 Å². The van der Waals surface area contributed by atoms with Gasteiger partial charge in [0, 0.05) is 47.0 Å². The van der Waals surface area contributed by atoms with Gasteiger partial charge in [-0.1, -0.05) is 36.4 Å². The van der Waals surface area contributed by atoms with Gasteiger partial charge in [0.15, 0.2) is 0 Å². The monoisotopic (exact) mass is 521 g/mol. The van der Waals surface area contributed by atoms with Crippen molar-refractivity contribution in [1.82, 2.24) is 13.9 Å². The average molecular weight is 522 g/mol. The average Bonchev–Trinajstić information content (AvgIpc) is 3.46. The number of hydrogen-bond donors (Lipinski definition) is 1. The van der Waals surface area contributed by atoms with Crippen LogP contribution in [0.4, 0.5) is 5.13 Å². The highest BCUT2D eigenvalue weighted by Gasteiger charge is 2.18. The Labute approximate surface area is 212 Å². The van der Waals surface area contributed by atoms with Gasteiger partial charge in [0.25, 0.3) is 11.1 Å². The van der Waals surface area contributed by atoms with Crippen molar-refractivity contribution in [3.63, 3.8) is 0 Å². The number of nitrogens with one attached hydrogen (secondary N) is 1. The van der Waals surface area contributed by atoms with Crippen molar-refractivity contribution < 1.29 is 17.9 Å². The number of amides is 1. The number of rotatable bonds is 9. The normalized spacial score (nSPS) is 11.9. The number of nitrogens with zero attached hydrogens (tertiary/aromatic N) is 4. The zero-order chi connectivity index (χ0) is 25.7. The molecule has 4 rings (SSSR count). The molecule has 0 fully saturated rings. The van der Waals surface area contributed by atoms with E-state index in [-0.39, 0.29) is 15.9 Å². The number of sulfone groups is 1. The lowest BCUT2D eigenvalue weighted by molar-refractivity contribution is -0.112. The van der Waals surface area contributed by atoms with Crippen LogP contribution in [0.3, 0.4) is 0 Å². The SMILES string of the molecule is Cc1ccccc1OCCCn1cc(C=C(C#N)C(=O)Nc2nc(S(C)(=O)=O)ns2)c2ccccc21. The number of para-hydroxylation sites is 2. The van der Waals surface area contributed by atoms with Crippen molar-refractivity contribution in [2.24, 2.45) is 0 Å². The first kappa shape index (κ1) is 25.1. The number of ether oxygens (including phenoxy) is 1. The number of aromatic nitrogens is 3. The molecule has 0 radical (unpaired) electrons. The van der Waals surface area contributed by atoms with Crippen LogP contribution in [0.25, 0.3) is 17.0 Å². The molecule has 1 N–H and O–H groups in total. The van der Waals surface area contributed by atoms with E-state index in [4.69, 9.17) is 4.74 Å². The van der Waals surface area contributed by atoms with Gasteiger partial charge < -0.3 is 9.30 Å². The molecule has 0 saturated carbocycles. The molecule has 2 heterocycles. The number of anilines is 1. The maximum Gasteiger partial charge on any atom is 0.268 e. The standard InChI is InChI=1S/C25H23N5O4S2/c1-17-8-3-6-11-22(17)34-13-7-12-30-16-19(20-9-4-5-10-21(20)30)14-18(15-26)23(31)27-24-28-25(29-35-24)36(2,32)33/h3-6,8-11,14,16H,7,12-13H2,1-2H3,(H,27,28,29,31). The third kappa shape index (κ3) is 5.79. The first-order chi connectivity index (χ1) is 17.3. The van der Waals surface area contributed by atoms with Crippen LogP contribution >= 0.6 is 11.5 Å². The highest BCUT2D eigenvalue weighted by atomic mass is 32.2. The third-order valence-corrected chi connectivity index (χ3v) is 6.93. The number of hydrogen-bond acceptors (Lipinski definition) is 8. The number of benzene rings is 2. The van der Waals surface area contributed by atoms with Gasteiger partial charge in [0.05, 0.1) is 6.61 Å². The lowest BCUT2D eigenvalue weighted by Gasteiger charge is -2.09. The molecule has 2 aromatic carbocycles. The number of carbonyl (C=O) groups is 1. The second-order valence-electron chi connectivity index (χ2n) is 8.04. The van der Waals surface area contributed by atoms with Crippen LogP contribution in [0.5, 0.6) is 5.75 Å². The summed E-state index contributed by atoms with van der Waals surface area (Å²) in [6, 6.07) is 17.5. The summed E-state index contributed by atoms with van der Waals surface area (Å²) in [4.78, 5) is 16.5. The second kappa shape index (κ2) is 10.7. The van der Waals surface area contributed by atoms with Crippen molar-refractivity contribution >= 4 is 49.4 Å². The highest BCUT2D eigenvalue weighted by molar-refractivity contribution is 7.90. The van der Waals surface area contributed by atoms with Crippen molar-refractivity contribution in [1.29, 1.82) is 5.26 Å². The quantitative estimate of drug-likeness (QED) is 0.198. The van der Waals surface area contributed by atoms with E-state index in [0.29, 0.717) is 18.7 Å². The molecule has 0 bridgehead atoms. The molecule has 0 aliphatic rings.